The zero-order chi connectivity index (χ0) is 16.2. The third-order valence-electron chi connectivity index (χ3n) is 4.41. The highest BCUT2D eigenvalue weighted by Crippen LogP contribution is 2.31. The molecule has 1 saturated carbocycles. The van der Waals surface area contributed by atoms with Gasteiger partial charge in [-0.1, -0.05) is 13.3 Å². The summed E-state index contributed by atoms with van der Waals surface area (Å²) in [6, 6.07) is 4.80. The molecule has 6 heteroatoms. The summed E-state index contributed by atoms with van der Waals surface area (Å²) >= 11 is 0. The number of nitrogens with one attached hydrogen (secondary N) is 1. The van der Waals surface area contributed by atoms with Gasteiger partial charge >= 0.3 is 0 Å². The molecule has 1 aromatic rings. The maximum atomic E-state index is 12.7. The van der Waals surface area contributed by atoms with Gasteiger partial charge in [0.2, 0.25) is 10.0 Å². The van der Waals surface area contributed by atoms with E-state index >= 15 is 0 Å². The van der Waals surface area contributed by atoms with Gasteiger partial charge in [0.1, 0.15) is 16.4 Å². The molecular weight excluding hydrogens is 302 g/mol. The van der Waals surface area contributed by atoms with E-state index in [2.05, 4.69) is 11.6 Å². The summed E-state index contributed by atoms with van der Waals surface area (Å²) in [6.45, 7) is 2.19. The average Bonchev–Trinajstić information content (AvgIpc) is 2.54. The van der Waals surface area contributed by atoms with Crippen LogP contribution in [0.2, 0.25) is 0 Å². The molecule has 5 nitrogen and oxygen atoms in total. The fraction of sp³-hybridized carbons (Fsp3) is 0.625. The minimum absolute atomic E-state index is 0.00343. The lowest BCUT2D eigenvalue weighted by molar-refractivity contribution is 0.306. The van der Waals surface area contributed by atoms with Gasteiger partial charge in [0.15, 0.2) is 0 Å². The SMILES string of the molecule is CCC1CCC(NS(=O)(=O)c2cc(OC)ccc2OC)CC1. The molecule has 0 bridgehead atoms. The number of ether oxygens (including phenoxy) is 2. The highest BCUT2D eigenvalue weighted by atomic mass is 32.2. The van der Waals surface area contributed by atoms with Gasteiger partial charge in [-0.2, -0.15) is 0 Å². The third-order valence-corrected chi connectivity index (χ3v) is 5.95. The van der Waals surface area contributed by atoms with Crippen LogP contribution in [0, 0.1) is 5.92 Å². The quantitative estimate of drug-likeness (QED) is 0.872. The summed E-state index contributed by atoms with van der Waals surface area (Å²) in [5.74, 6) is 1.55. The van der Waals surface area contributed by atoms with Crippen molar-refractivity contribution in [2.24, 2.45) is 5.92 Å². The number of hydrogen-bond acceptors (Lipinski definition) is 4. The number of sulfonamides is 1. The summed E-state index contributed by atoms with van der Waals surface area (Å²) in [5.41, 5.74) is 0. The summed E-state index contributed by atoms with van der Waals surface area (Å²) in [4.78, 5) is 0.131. The van der Waals surface area contributed by atoms with E-state index in [1.807, 2.05) is 0 Å². The van der Waals surface area contributed by atoms with Crippen molar-refractivity contribution in [3.8, 4) is 11.5 Å². The minimum atomic E-state index is -3.61. The van der Waals surface area contributed by atoms with E-state index in [1.54, 1.807) is 12.1 Å². The molecule has 0 heterocycles. The summed E-state index contributed by atoms with van der Waals surface area (Å²) in [7, 11) is -0.637. The van der Waals surface area contributed by atoms with Crippen molar-refractivity contribution in [2.75, 3.05) is 14.2 Å². The molecule has 0 unspecified atom stereocenters. The fourth-order valence-corrected chi connectivity index (χ4v) is 4.45. The Morgan fingerprint density at radius 1 is 1.14 bits per heavy atom. The van der Waals surface area contributed by atoms with E-state index < -0.39 is 10.0 Å². The van der Waals surface area contributed by atoms with Gasteiger partial charge in [-0.3, -0.25) is 0 Å². The van der Waals surface area contributed by atoms with Crippen LogP contribution in [0.25, 0.3) is 0 Å². The van der Waals surface area contributed by atoms with Crippen molar-refractivity contribution in [3.05, 3.63) is 18.2 Å². The second-order valence-electron chi connectivity index (χ2n) is 5.76. The van der Waals surface area contributed by atoms with Crippen molar-refractivity contribution >= 4 is 10.0 Å². The van der Waals surface area contributed by atoms with Gasteiger partial charge in [-0.15, -0.1) is 0 Å². The van der Waals surface area contributed by atoms with Crippen LogP contribution in [-0.4, -0.2) is 28.7 Å². The molecule has 0 aliphatic heterocycles. The molecule has 0 spiro atoms. The minimum Gasteiger partial charge on any atom is -0.497 e. The molecule has 1 N–H and O–H groups in total. The molecule has 124 valence electrons. The Morgan fingerprint density at radius 3 is 2.36 bits per heavy atom. The Hall–Kier alpha value is -1.27. The zero-order valence-corrected chi connectivity index (χ0v) is 14.3. The maximum Gasteiger partial charge on any atom is 0.244 e. The first kappa shape index (κ1) is 17.1. The molecule has 0 radical (unpaired) electrons. The van der Waals surface area contributed by atoms with Crippen LogP contribution in [0.1, 0.15) is 39.0 Å². The summed E-state index contributed by atoms with van der Waals surface area (Å²) in [5, 5.41) is 0. The Morgan fingerprint density at radius 2 is 1.82 bits per heavy atom. The molecule has 2 rings (SSSR count). The van der Waals surface area contributed by atoms with Gasteiger partial charge in [0.25, 0.3) is 0 Å². The first-order chi connectivity index (χ1) is 10.5. The van der Waals surface area contributed by atoms with Gasteiger partial charge in [0.05, 0.1) is 14.2 Å². The van der Waals surface area contributed by atoms with Crippen LogP contribution in [-0.2, 0) is 10.0 Å². The lowest BCUT2D eigenvalue weighted by atomic mass is 9.85. The Balaban J connectivity index is 2.16. The van der Waals surface area contributed by atoms with Crippen LogP contribution < -0.4 is 14.2 Å². The third kappa shape index (κ3) is 3.93. The molecular formula is C16H25NO4S. The van der Waals surface area contributed by atoms with Crippen molar-refractivity contribution in [1.82, 2.24) is 4.72 Å². The normalized spacial score (nSPS) is 22.3. The van der Waals surface area contributed by atoms with E-state index in [0.717, 1.165) is 31.6 Å². The molecule has 1 aliphatic carbocycles. The van der Waals surface area contributed by atoms with Crippen LogP contribution in [0.15, 0.2) is 23.1 Å². The van der Waals surface area contributed by atoms with Crippen molar-refractivity contribution in [3.63, 3.8) is 0 Å². The van der Waals surface area contributed by atoms with Crippen molar-refractivity contribution in [1.29, 1.82) is 0 Å². The fourth-order valence-electron chi connectivity index (χ4n) is 2.97. The van der Waals surface area contributed by atoms with E-state index in [9.17, 15) is 8.42 Å². The zero-order valence-electron chi connectivity index (χ0n) is 13.5. The summed E-state index contributed by atoms with van der Waals surface area (Å²) in [6.07, 6.45) is 5.12. The number of hydrogen-bond donors (Lipinski definition) is 1. The molecule has 1 aliphatic rings. The highest BCUT2D eigenvalue weighted by Gasteiger charge is 2.27. The monoisotopic (exact) mass is 327 g/mol. The first-order valence-corrected chi connectivity index (χ1v) is 9.22. The average molecular weight is 327 g/mol. The summed E-state index contributed by atoms with van der Waals surface area (Å²) < 4.78 is 38.4. The topological polar surface area (TPSA) is 64.6 Å². The Labute approximate surface area is 133 Å². The molecule has 0 atom stereocenters. The molecule has 1 fully saturated rings. The molecule has 0 saturated heterocycles. The second kappa shape index (κ2) is 7.33. The lowest BCUT2D eigenvalue weighted by Gasteiger charge is -2.28. The van der Waals surface area contributed by atoms with Crippen molar-refractivity contribution < 1.29 is 17.9 Å². The van der Waals surface area contributed by atoms with Gasteiger partial charge in [-0.05, 0) is 43.7 Å². The first-order valence-electron chi connectivity index (χ1n) is 7.74. The molecule has 1 aromatic carbocycles. The standard InChI is InChI=1S/C16H25NO4S/c1-4-12-5-7-13(8-6-12)17-22(18,19)16-11-14(20-2)9-10-15(16)21-3/h9-13,17H,4-8H2,1-3H3. The smallest absolute Gasteiger partial charge is 0.244 e. The Bertz CT molecular complexity index is 592. The predicted molar refractivity (Wildman–Crippen MR) is 85.9 cm³/mol. The van der Waals surface area contributed by atoms with E-state index in [0.29, 0.717) is 11.5 Å². The van der Waals surface area contributed by atoms with E-state index in [1.165, 1.54) is 26.7 Å². The highest BCUT2D eigenvalue weighted by molar-refractivity contribution is 7.89. The van der Waals surface area contributed by atoms with Crippen molar-refractivity contribution in [2.45, 2.75) is 50.0 Å². The largest absolute Gasteiger partial charge is 0.497 e. The molecule has 0 amide bonds. The van der Waals surface area contributed by atoms with Gasteiger partial charge < -0.3 is 9.47 Å². The maximum absolute atomic E-state index is 12.7. The van der Waals surface area contributed by atoms with Crippen LogP contribution in [0.4, 0.5) is 0 Å². The number of benzene rings is 1. The van der Waals surface area contributed by atoms with Crippen LogP contribution in [0.3, 0.4) is 0 Å². The van der Waals surface area contributed by atoms with E-state index in [-0.39, 0.29) is 10.9 Å². The van der Waals surface area contributed by atoms with Gasteiger partial charge in [0, 0.05) is 12.1 Å². The Kier molecular flexibility index (Phi) is 5.69. The number of rotatable bonds is 6. The van der Waals surface area contributed by atoms with Crippen LogP contribution in [0.5, 0.6) is 11.5 Å². The molecule has 0 aromatic heterocycles. The second-order valence-corrected chi connectivity index (χ2v) is 7.45. The van der Waals surface area contributed by atoms with Gasteiger partial charge in [-0.25, -0.2) is 13.1 Å². The van der Waals surface area contributed by atoms with Crippen LogP contribution >= 0.6 is 0 Å². The number of methoxy groups -OCH3 is 2. The predicted octanol–water partition coefficient (Wildman–Crippen LogP) is 2.95. The molecule has 22 heavy (non-hydrogen) atoms. The lowest BCUT2D eigenvalue weighted by Crippen LogP contribution is -2.37. The van der Waals surface area contributed by atoms with E-state index in [4.69, 9.17) is 9.47 Å².